The Balaban J connectivity index is 2.10. The number of hydrogen-bond donors (Lipinski definition) is 0. The van der Waals surface area contributed by atoms with Crippen molar-refractivity contribution >= 4 is 15.9 Å². The molecule has 2 heteroatoms. The number of piperidine rings is 1. The van der Waals surface area contributed by atoms with Gasteiger partial charge in [-0.3, -0.25) is 4.90 Å². The van der Waals surface area contributed by atoms with E-state index in [-0.39, 0.29) is 0 Å². The molecule has 2 atom stereocenters. The summed E-state index contributed by atoms with van der Waals surface area (Å²) in [5.41, 5.74) is 1.44. The second-order valence-electron chi connectivity index (χ2n) is 4.63. The van der Waals surface area contributed by atoms with Crippen LogP contribution in [0.25, 0.3) is 0 Å². The normalized spacial score (nSPS) is 24.2. The summed E-state index contributed by atoms with van der Waals surface area (Å²) in [6.07, 6.45) is 4.07. The van der Waals surface area contributed by atoms with Gasteiger partial charge in [0.2, 0.25) is 0 Å². The van der Waals surface area contributed by atoms with Gasteiger partial charge in [-0.1, -0.05) is 52.7 Å². The molecule has 2 rings (SSSR count). The van der Waals surface area contributed by atoms with E-state index in [0.717, 1.165) is 5.33 Å². The van der Waals surface area contributed by atoms with Crippen molar-refractivity contribution in [3.63, 3.8) is 0 Å². The van der Waals surface area contributed by atoms with Crippen LogP contribution >= 0.6 is 15.9 Å². The van der Waals surface area contributed by atoms with Gasteiger partial charge in [0.25, 0.3) is 0 Å². The first-order valence-corrected chi connectivity index (χ1v) is 7.31. The molecule has 0 aliphatic carbocycles. The fourth-order valence-electron chi connectivity index (χ4n) is 2.62. The van der Waals surface area contributed by atoms with E-state index in [1.807, 2.05) is 0 Å². The predicted octanol–water partition coefficient (Wildman–Crippen LogP) is 4.00. The Hall–Kier alpha value is -0.340. The standard InChI is InChI=1S/C14H20BrN/c1-12(13-7-3-2-4-8-13)16-10-6-5-9-14(16)11-15/h2-4,7-8,12,14H,5-6,9-11H2,1H3/t12?,14-/m1/s1. The summed E-state index contributed by atoms with van der Waals surface area (Å²) in [5.74, 6) is 0. The van der Waals surface area contributed by atoms with E-state index in [0.29, 0.717) is 12.1 Å². The molecule has 1 heterocycles. The minimum absolute atomic E-state index is 0.545. The third-order valence-electron chi connectivity index (χ3n) is 3.63. The fraction of sp³-hybridized carbons (Fsp3) is 0.571. The van der Waals surface area contributed by atoms with E-state index in [1.54, 1.807) is 0 Å². The third kappa shape index (κ3) is 2.67. The minimum Gasteiger partial charge on any atom is -0.293 e. The van der Waals surface area contributed by atoms with Gasteiger partial charge in [-0.15, -0.1) is 0 Å². The third-order valence-corrected chi connectivity index (χ3v) is 4.38. The molecule has 0 amide bonds. The highest BCUT2D eigenvalue weighted by Gasteiger charge is 2.26. The zero-order valence-electron chi connectivity index (χ0n) is 9.90. The molecule has 1 aromatic carbocycles. The maximum Gasteiger partial charge on any atom is 0.0323 e. The number of halogens is 1. The van der Waals surface area contributed by atoms with Gasteiger partial charge < -0.3 is 0 Å². The molecule has 0 bridgehead atoms. The van der Waals surface area contributed by atoms with Crippen molar-refractivity contribution in [3.05, 3.63) is 35.9 Å². The summed E-state index contributed by atoms with van der Waals surface area (Å²) in [5, 5.41) is 1.10. The Morgan fingerprint density at radius 3 is 2.75 bits per heavy atom. The van der Waals surface area contributed by atoms with E-state index in [9.17, 15) is 0 Å². The summed E-state index contributed by atoms with van der Waals surface area (Å²) in [6, 6.07) is 12.1. The summed E-state index contributed by atoms with van der Waals surface area (Å²) in [7, 11) is 0. The topological polar surface area (TPSA) is 3.24 Å². The highest BCUT2D eigenvalue weighted by molar-refractivity contribution is 9.09. The highest BCUT2D eigenvalue weighted by atomic mass is 79.9. The lowest BCUT2D eigenvalue weighted by molar-refractivity contribution is 0.118. The monoisotopic (exact) mass is 281 g/mol. The molecule has 0 saturated carbocycles. The Morgan fingerprint density at radius 2 is 2.06 bits per heavy atom. The van der Waals surface area contributed by atoms with Gasteiger partial charge in [0, 0.05) is 17.4 Å². The van der Waals surface area contributed by atoms with E-state index in [1.165, 1.54) is 31.4 Å². The molecular formula is C14H20BrN. The molecule has 88 valence electrons. The lowest BCUT2D eigenvalue weighted by Gasteiger charge is -2.39. The van der Waals surface area contributed by atoms with Crippen molar-refractivity contribution < 1.29 is 0 Å². The maximum absolute atomic E-state index is 3.65. The number of hydrogen-bond acceptors (Lipinski definition) is 1. The van der Waals surface area contributed by atoms with Crippen LogP contribution in [0.4, 0.5) is 0 Å². The second-order valence-corrected chi connectivity index (χ2v) is 5.28. The molecule has 0 N–H and O–H groups in total. The number of likely N-dealkylation sites (tertiary alicyclic amines) is 1. The molecule has 1 fully saturated rings. The summed E-state index contributed by atoms with van der Waals surface area (Å²) < 4.78 is 0. The molecular weight excluding hydrogens is 262 g/mol. The van der Waals surface area contributed by atoms with Gasteiger partial charge in [-0.05, 0) is 31.9 Å². The molecule has 0 spiro atoms. The summed E-state index contributed by atoms with van der Waals surface area (Å²) in [6.45, 7) is 3.57. The second kappa shape index (κ2) is 5.83. The average Bonchev–Trinajstić information content (AvgIpc) is 2.39. The van der Waals surface area contributed by atoms with E-state index < -0.39 is 0 Å². The van der Waals surface area contributed by atoms with Gasteiger partial charge in [0.1, 0.15) is 0 Å². The number of benzene rings is 1. The van der Waals surface area contributed by atoms with E-state index >= 15 is 0 Å². The van der Waals surface area contributed by atoms with Crippen LogP contribution in [0.1, 0.15) is 37.8 Å². The lowest BCUT2D eigenvalue weighted by Crippen LogP contribution is -2.42. The summed E-state index contributed by atoms with van der Waals surface area (Å²) >= 11 is 3.65. The first-order chi connectivity index (χ1) is 7.83. The van der Waals surface area contributed by atoms with Crippen LogP contribution in [-0.2, 0) is 0 Å². The van der Waals surface area contributed by atoms with Crippen LogP contribution in [-0.4, -0.2) is 22.8 Å². The molecule has 1 nitrogen and oxygen atoms in total. The molecule has 1 saturated heterocycles. The van der Waals surface area contributed by atoms with Crippen molar-refractivity contribution in [2.24, 2.45) is 0 Å². The highest BCUT2D eigenvalue weighted by Crippen LogP contribution is 2.28. The van der Waals surface area contributed by atoms with Crippen LogP contribution in [0.5, 0.6) is 0 Å². The molecule has 16 heavy (non-hydrogen) atoms. The SMILES string of the molecule is CC(c1ccccc1)N1CCCC[C@@H]1CBr. The number of nitrogens with zero attached hydrogens (tertiary/aromatic N) is 1. The van der Waals surface area contributed by atoms with Gasteiger partial charge in [-0.2, -0.15) is 0 Å². The van der Waals surface area contributed by atoms with Crippen LogP contribution < -0.4 is 0 Å². The van der Waals surface area contributed by atoms with Crippen molar-refractivity contribution in [2.75, 3.05) is 11.9 Å². The molecule has 1 aliphatic heterocycles. The fourth-order valence-corrected chi connectivity index (χ4v) is 3.32. The number of alkyl halides is 1. The zero-order chi connectivity index (χ0) is 11.4. The van der Waals surface area contributed by atoms with Crippen LogP contribution in [0.2, 0.25) is 0 Å². The molecule has 1 aliphatic rings. The maximum atomic E-state index is 3.65. The van der Waals surface area contributed by atoms with E-state index in [4.69, 9.17) is 0 Å². The smallest absolute Gasteiger partial charge is 0.0323 e. The Kier molecular flexibility index (Phi) is 4.42. The number of rotatable bonds is 3. The van der Waals surface area contributed by atoms with Crippen molar-refractivity contribution in [1.82, 2.24) is 4.90 Å². The van der Waals surface area contributed by atoms with Crippen LogP contribution in [0.3, 0.4) is 0 Å². The minimum atomic E-state index is 0.545. The first-order valence-electron chi connectivity index (χ1n) is 6.19. The Morgan fingerprint density at radius 1 is 1.31 bits per heavy atom. The van der Waals surface area contributed by atoms with E-state index in [2.05, 4.69) is 58.1 Å². The average molecular weight is 282 g/mol. The molecule has 1 unspecified atom stereocenters. The Bertz CT molecular complexity index is 312. The van der Waals surface area contributed by atoms with Gasteiger partial charge in [0.05, 0.1) is 0 Å². The molecule has 0 aromatic heterocycles. The van der Waals surface area contributed by atoms with Crippen molar-refractivity contribution in [1.29, 1.82) is 0 Å². The Labute approximate surface area is 107 Å². The van der Waals surface area contributed by atoms with Crippen molar-refractivity contribution in [2.45, 2.75) is 38.3 Å². The van der Waals surface area contributed by atoms with Crippen LogP contribution in [0.15, 0.2) is 30.3 Å². The van der Waals surface area contributed by atoms with Gasteiger partial charge >= 0.3 is 0 Å². The molecule has 1 aromatic rings. The molecule has 0 radical (unpaired) electrons. The van der Waals surface area contributed by atoms with Gasteiger partial charge in [-0.25, -0.2) is 0 Å². The summed E-state index contributed by atoms with van der Waals surface area (Å²) in [4.78, 5) is 2.65. The first kappa shape index (κ1) is 12.1. The van der Waals surface area contributed by atoms with Crippen molar-refractivity contribution in [3.8, 4) is 0 Å². The van der Waals surface area contributed by atoms with Crippen LogP contribution in [0, 0.1) is 0 Å². The predicted molar refractivity (Wildman–Crippen MR) is 73.0 cm³/mol. The quantitative estimate of drug-likeness (QED) is 0.757. The lowest BCUT2D eigenvalue weighted by atomic mass is 9.98. The largest absolute Gasteiger partial charge is 0.293 e. The van der Waals surface area contributed by atoms with Gasteiger partial charge in [0.15, 0.2) is 0 Å². The zero-order valence-corrected chi connectivity index (χ0v) is 11.5.